The van der Waals surface area contributed by atoms with Crippen molar-refractivity contribution in [2.45, 2.75) is 29.5 Å². The van der Waals surface area contributed by atoms with Gasteiger partial charge < -0.3 is 0 Å². The van der Waals surface area contributed by atoms with Gasteiger partial charge in [-0.1, -0.05) is 41.9 Å². The van der Waals surface area contributed by atoms with Gasteiger partial charge in [-0.2, -0.15) is 0 Å². The number of imide groups is 1. The fraction of sp³-hybridized carbons (Fsp3) is 0.200. The van der Waals surface area contributed by atoms with Crippen LogP contribution in [0.15, 0.2) is 65.3 Å². The Kier molecular flexibility index (Phi) is 6.63. The minimum Gasteiger partial charge on any atom is -0.278 e. The van der Waals surface area contributed by atoms with E-state index >= 15 is 0 Å². The van der Waals surface area contributed by atoms with Gasteiger partial charge in [0.2, 0.25) is 5.91 Å². The molecule has 0 spiro atoms. The van der Waals surface area contributed by atoms with E-state index in [0.29, 0.717) is 28.6 Å². The standard InChI is InChI=1S/C25H19ClFN3O2S2/c26-17-8-4-15(5-9-17)19-13-33-22-21(19)23(29-14-28-22)34-20-3-1-2-12-30(25(20)32)24(31)16-6-10-18(27)11-7-16/h4-11,13-14,20H,1-3,12H2/t20-/m0/s1. The molecule has 0 N–H and O–H groups in total. The van der Waals surface area contributed by atoms with Crippen LogP contribution in [0.25, 0.3) is 21.3 Å². The van der Waals surface area contributed by atoms with Crippen molar-refractivity contribution in [3.63, 3.8) is 0 Å². The highest BCUT2D eigenvalue weighted by Gasteiger charge is 2.33. The third-order valence-corrected chi connectivity index (χ3v) is 8.11. The number of fused-ring (bicyclic) bond motifs is 1. The molecule has 1 atom stereocenters. The largest absolute Gasteiger partial charge is 0.278 e. The molecule has 5 rings (SSSR count). The molecule has 9 heteroatoms. The van der Waals surface area contributed by atoms with Gasteiger partial charge in [-0.3, -0.25) is 14.5 Å². The van der Waals surface area contributed by atoms with Crippen LogP contribution in [-0.2, 0) is 4.79 Å². The third kappa shape index (κ3) is 4.58. The summed E-state index contributed by atoms with van der Waals surface area (Å²) in [5.41, 5.74) is 2.28. The number of aromatic nitrogens is 2. The van der Waals surface area contributed by atoms with Crippen LogP contribution >= 0.6 is 34.7 Å². The van der Waals surface area contributed by atoms with Gasteiger partial charge in [-0.25, -0.2) is 14.4 Å². The number of carbonyl (C=O) groups excluding carboxylic acids is 2. The maximum Gasteiger partial charge on any atom is 0.260 e. The number of thioether (sulfide) groups is 1. The summed E-state index contributed by atoms with van der Waals surface area (Å²) in [5, 5.41) is 3.84. The summed E-state index contributed by atoms with van der Waals surface area (Å²) in [7, 11) is 0. The Morgan fingerprint density at radius 2 is 1.85 bits per heavy atom. The Labute approximate surface area is 209 Å². The molecule has 4 aromatic rings. The number of hydrogen-bond donors (Lipinski definition) is 0. The summed E-state index contributed by atoms with van der Waals surface area (Å²) in [6.45, 7) is 0.347. The van der Waals surface area contributed by atoms with Crippen molar-refractivity contribution in [1.82, 2.24) is 14.9 Å². The highest BCUT2D eigenvalue weighted by molar-refractivity contribution is 8.00. The summed E-state index contributed by atoms with van der Waals surface area (Å²) in [4.78, 5) is 37.6. The number of likely N-dealkylation sites (tertiary alicyclic amines) is 1. The number of thiophene rings is 1. The Bertz CT molecular complexity index is 1360. The van der Waals surface area contributed by atoms with E-state index in [1.165, 1.54) is 58.6 Å². The maximum atomic E-state index is 13.5. The van der Waals surface area contributed by atoms with Gasteiger partial charge in [0.1, 0.15) is 22.0 Å². The lowest BCUT2D eigenvalue weighted by atomic mass is 10.1. The van der Waals surface area contributed by atoms with Crippen molar-refractivity contribution in [3.05, 3.63) is 76.6 Å². The van der Waals surface area contributed by atoms with Crippen LogP contribution in [0.1, 0.15) is 29.6 Å². The molecule has 1 aliphatic heterocycles. The number of hydrogen-bond acceptors (Lipinski definition) is 6. The predicted octanol–water partition coefficient (Wildman–Crippen LogP) is 6.46. The molecule has 2 aromatic heterocycles. The summed E-state index contributed by atoms with van der Waals surface area (Å²) in [5.74, 6) is -1.07. The molecule has 0 aliphatic carbocycles. The van der Waals surface area contributed by atoms with Crippen molar-refractivity contribution < 1.29 is 14.0 Å². The van der Waals surface area contributed by atoms with E-state index in [0.717, 1.165) is 34.2 Å². The van der Waals surface area contributed by atoms with E-state index in [1.54, 1.807) is 0 Å². The lowest BCUT2D eigenvalue weighted by molar-refractivity contribution is -0.127. The molecule has 3 heterocycles. The molecule has 1 saturated heterocycles. The lowest BCUT2D eigenvalue weighted by Gasteiger charge is -2.22. The van der Waals surface area contributed by atoms with Crippen LogP contribution in [0.4, 0.5) is 4.39 Å². The molecule has 1 aliphatic rings. The first kappa shape index (κ1) is 23.0. The van der Waals surface area contributed by atoms with E-state index in [1.807, 2.05) is 29.6 Å². The number of amides is 2. The van der Waals surface area contributed by atoms with Crippen LogP contribution < -0.4 is 0 Å². The SMILES string of the molecule is O=C(c1ccc(F)cc1)N1CCCC[C@H](Sc2ncnc3scc(-c4ccc(Cl)cc4)c23)C1=O. The molecular formula is C25H19ClFN3O2S2. The lowest BCUT2D eigenvalue weighted by Crippen LogP contribution is -2.41. The Morgan fingerprint density at radius 1 is 1.09 bits per heavy atom. The molecular weight excluding hydrogens is 493 g/mol. The molecule has 0 radical (unpaired) electrons. The monoisotopic (exact) mass is 511 g/mol. The molecule has 5 nitrogen and oxygen atoms in total. The molecule has 0 saturated carbocycles. The van der Waals surface area contributed by atoms with Crippen molar-refractivity contribution in [1.29, 1.82) is 0 Å². The van der Waals surface area contributed by atoms with Gasteiger partial charge in [0.25, 0.3) is 5.91 Å². The quantitative estimate of drug-likeness (QED) is 0.232. The molecule has 0 unspecified atom stereocenters. The van der Waals surface area contributed by atoms with Gasteiger partial charge in [-0.05, 0) is 54.8 Å². The first-order valence-electron chi connectivity index (χ1n) is 10.8. The van der Waals surface area contributed by atoms with E-state index in [9.17, 15) is 14.0 Å². The highest BCUT2D eigenvalue weighted by atomic mass is 35.5. The minimum atomic E-state index is -0.456. The summed E-state index contributed by atoms with van der Waals surface area (Å²) >= 11 is 8.96. The predicted molar refractivity (Wildman–Crippen MR) is 134 cm³/mol. The average Bonchev–Trinajstić information content (AvgIpc) is 3.20. The zero-order chi connectivity index (χ0) is 23.7. The second kappa shape index (κ2) is 9.82. The van der Waals surface area contributed by atoms with Crippen LogP contribution in [0.3, 0.4) is 0 Å². The topological polar surface area (TPSA) is 63.2 Å². The van der Waals surface area contributed by atoms with Crippen LogP contribution in [-0.4, -0.2) is 38.5 Å². The Hall–Kier alpha value is -2.81. The normalized spacial score (nSPS) is 16.6. The third-order valence-electron chi connectivity index (χ3n) is 5.72. The van der Waals surface area contributed by atoms with Gasteiger partial charge in [0, 0.05) is 28.1 Å². The van der Waals surface area contributed by atoms with Crippen molar-refractivity contribution in [2.75, 3.05) is 6.54 Å². The van der Waals surface area contributed by atoms with E-state index in [-0.39, 0.29) is 5.91 Å². The number of halogens is 2. The summed E-state index contributed by atoms with van der Waals surface area (Å²) < 4.78 is 13.3. The average molecular weight is 512 g/mol. The molecule has 1 fully saturated rings. The fourth-order valence-corrected chi connectivity index (χ4v) is 6.30. The molecule has 2 aromatic carbocycles. The van der Waals surface area contributed by atoms with Gasteiger partial charge >= 0.3 is 0 Å². The number of rotatable bonds is 4. The van der Waals surface area contributed by atoms with Crippen molar-refractivity contribution in [3.8, 4) is 11.1 Å². The van der Waals surface area contributed by atoms with Crippen molar-refractivity contribution in [2.24, 2.45) is 0 Å². The van der Waals surface area contributed by atoms with Crippen LogP contribution in [0.2, 0.25) is 5.02 Å². The van der Waals surface area contributed by atoms with Crippen LogP contribution in [0, 0.1) is 5.82 Å². The molecule has 34 heavy (non-hydrogen) atoms. The first-order valence-corrected chi connectivity index (χ1v) is 12.9. The first-order chi connectivity index (χ1) is 16.5. The summed E-state index contributed by atoms with van der Waals surface area (Å²) in [6, 6.07) is 12.9. The van der Waals surface area contributed by atoms with Crippen molar-refractivity contribution >= 4 is 56.7 Å². The summed E-state index contributed by atoms with van der Waals surface area (Å²) in [6.07, 6.45) is 3.69. The Balaban J connectivity index is 1.46. The molecule has 2 amide bonds. The van der Waals surface area contributed by atoms with E-state index in [4.69, 9.17) is 11.6 Å². The van der Waals surface area contributed by atoms with Gasteiger partial charge in [0.05, 0.1) is 10.6 Å². The van der Waals surface area contributed by atoms with E-state index < -0.39 is 17.0 Å². The van der Waals surface area contributed by atoms with Gasteiger partial charge in [-0.15, -0.1) is 11.3 Å². The molecule has 172 valence electrons. The van der Waals surface area contributed by atoms with E-state index in [2.05, 4.69) is 9.97 Å². The second-order valence-corrected chi connectivity index (χ2v) is 10.4. The second-order valence-electron chi connectivity index (χ2n) is 7.92. The molecule has 0 bridgehead atoms. The minimum absolute atomic E-state index is 0.244. The number of benzene rings is 2. The van der Waals surface area contributed by atoms with Crippen LogP contribution in [0.5, 0.6) is 0 Å². The smallest absolute Gasteiger partial charge is 0.260 e. The zero-order valence-electron chi connectivity index (χ0n) is 17.9. The number of carbonyl (C=O) groups is 2. The zero-order valence-corrected chi connectivity index (χ0v) is 20.3. The number of nitrogens with zero attached hydrogens (tertiary/aromatic N) is 3. The maximum absolute atomic E-state index is 13.5. The van der Waals surface area contributed by atoms with Gasteiger partial charge in [0.15, 0.2) is 0 Å². The fourth-order valence-electron chi connectivity index (χ4n) is 3.98. The Morgan fingerprint density at radius 3 is 2.62 bits per heavy atom. The highest BCUT2D eigenvalue weighted by Crippen LogP contribution is 2.40.